The summed E-state index contributed by atoms with van der Waals surface area (Å²) in [6.45, 7) is 8.03. The number of aryl methyl sites for hydroxylation is 1. The van der Waals surface area contributed by atoms with Gasteiger partial charge in [0, 0.05) is 26.6 Å². The SMILES string of the molecule is CCOC(=O)CCCNC(=NC)NCC(C)c1ccc(C)cc1. The zero-order chi connectivity index (χ0) is 17.1. The van der Waals surface area contributed by atoms with Crippen molar-refractivity contribution in [3.63, 3.8) is 0 Å². The van der Waals surface area contributed by atoms with Crippen molar-refractivity contribution in [2.75, 3.05) is 26.7 Å². The van der Waals surface area contributed by atoms with Gasteiger partial charge in [0.05, 0.1) is 6.61 Å². The van der Waals surface area contributed by atoms with E-state index in [1.807, 2.05) is 6.92 Å². The molecule has 0 aliphatic rings. The standard InChI is InChI=1S/C18H29N3O2/c1-5-23-17(22)7-6-12-20-18(19-4)21-13-15(3)16-10-8-14(2)9-11-16/h8-11,15H,5-7,12-13H2,1-4H3,(H2,19,20,21). The van der Waals surface area contributed by atoms with Gasteiger partial charge in [0.25, 0.3) is 0 Å². The Morgan fingerprint density at radius 1 is 1.26 bits per heavy atom. The summed E-state index contributed by atoms with van der Waals surface area (Å²) in [5.74, 6) is 1.01. The van der Waals surface area contributed by atoms with E-state index in [-0.39, 0.29) is 5.97 Å². The minimum Gasteiger partial charge on any atom is -0.466 e. The number of nitrogens with zero attached hydrogens (tertiary/aromatic N) is 1. The summed E-state index contributed by atoms with van der Waals surface area (Å²) in [6.07, 6.45) is 1.16. The van der Waals surface area contributed by atoms with Crippen LogP contribution in [-0.4, -0.2) is 38.7 Å². The van der Waals surface area contributed by atoms with Crippen LogP contribution in [0.25, 0.3) is 0 Å². The van der Waals surface area contributed by atoms with Crippen LogP contribution in [-0.2, 0) is 9.53 Å². The molecule has 0 amide bonds. The van der Waals surface area contributed by atoms with Crippen LogP contribution in [0, 0.1) is 6.92 Å². The highest BCUT2D eigenvalue weighted by atomic mass is 16.5. The number of hydrogen-bond donors (Lipinski definition) is 2. The van der Waals surface area contributed by atoms with Crippen LogP contribution in [0.15, 0.2) is 29.3 Å². The predicted molar refractivity (Wildman–Crippen MR) is 94.8 cm³/mol. The zero-order valence-electron chi connectivity index (χ0n) is 14.7. The fourth-order valence-electron chi connectivity index (χ4n) is 2.16. The molecule has 1 aromatic carbocycles. The van der Waals surface area contributed by atoms with Crippen LogP contribution in [0.4, 0.5) is 0 Å². The van der Waals surface area contributed by atoms with E-state index in [0.29, 0.717) is 25.5 Å². The van der Waals surface area contributed by atoms with Gasteiger partial charge < -0.3 is 15.4 Å². The first-order valence-corrected chi connectivity index (χ1v) is 8.23. The first-order valence-electron chi connectivity index (χ1n) is 8.23. The summed E-state index contributed by atoms with van der Waals surface area (Å²) in [5.41, 5.74) is 2.58. The quantitative estimate of drug-likeness (QED) is 0.335. The van der Waals surface area contributed by atoms with E-state index in [0.717, 1.165) is 18.9 Å². The molecule has 0 radical (unpaired) electrons. The Kier molecular flexibility index (Phi) is 8.80. The maximum absolute atomic E-state index is 11.3. The summed E-state index contributed by atoms with van der Waals surface area (Å²) in [7, 11) is 1.75. The molecule has 1 aromatic rings. The van der Waals surface area contributed by atoms with Crippen molar-refractivity contribution in [2.24, 2.45) is 4.99 Å². The second-order valence-corrected chi connectivity index (χ2v) is 5.60. The monoisotopic (exact) mass is 319 g/mol. The van der Waals surface area contributed by atoms with E-state index in [1.165, 1.54) is 11.1 Å². The van der Waals surface area contributed by atoms with Crippen molar-refractivity contribution in [3.8, 4) is 0 Å². The maximum Gasteiger partial charge on any atom is 0.305 e. The van der Waals surface area contributed by atoms with Crippen molar-refractivity contribution in [3.05, 3.63) is 35.4 Å². The highest BCUT2D eigenvalue weighted by molar-refractivity contribution is 5.79. The number of nitrogens with one attached hydrogen (secondary N) is 2. The Labute approximate surface area is 139 Å². The van der Waals surface area contributed by atoms with E-state index in [2.05, 4.69) is 53.7 Å². The molecule has 0 bridgehead atoms. The van der Waals surface area contributed by atoms with Crippen molar-refractivity contribution in [1.29, 1.82) is 0 Å². The normalized spacial score (nSPS) is 12.6. The molecule has 5 nitrogen and oxygen atoms in total. The molecule has 0 aliphatic carbocycles. The summed E-state index contributed by atoms with van der Waals surface area (Å²) in [5, 5.41) is 6.53. The lowest BCUT2D eigenvalue weighted by Crippen LogP contribution is -2.39. The fourth-order valence-corrected chi connectivity index (χ4v) is 2.16. The zero-order valence-corrected chi connectivity index (χ0v) is 14.7. The van der Waals surface area contributed by atoms with Crippen LogP contribution >= 0.6 is 0 Å². The smallest absolute Gasteiger partial charge is 0.305 e. The van der Waals surface area contributed by atoms with Gasteiger partial charge in [0.1, 0.15) is 0 Å². The van der Waals surface area contributed by atoms with Crippen LogP contribution in [0.5, 0.6) is 0 Å². The van der Waals surface area contributed by atoms with E-state index in [1.54, 1.807) is 7.05 Å². The molecule has 23 heavy (non-hydrogen) atoms. The fraction of sp³-hybridized carbons (Fsp3) is 0.556. The second-order valence-electron chi connectivity index (χ2n) is 5.60. The molecule has 0 aromatic heterocycles. The molecule has 0 heterocycles. The topological polar surface area (TPSA) is 62.7 Å². The molecule has 1 unspecified atom stereocenters. The number of carbonyl (C=O) groups is 1. The Morgan fingerprint density at radius 2 is 1.96 bits per heavy atom. The largest absolute Gasteiger partial charge is 0.466 e. The molecule has 1 atom stereocenters. The highest BCUT2D eigenvalue weighted by Gasteiger charge is 2.07. The van der Waals surface area contributed by atoms with Crippen molar-refractivity contribution in [1.82, 2.24) is 10.6 Å². The molecule has 0 aliphatic heterocycles. The van der Waals surface area contributed by atoms with Crippen molar-refractivity contribution >= 4 is 11.9 Å². The van der Waals surface area contributed by atoms with E-state index < -0.39 is 0 Å². The Balaban J connectivity index is 2.28. The number of ether oxygens (including phenoxy) is 1. The molecule has 0 saturated heterocycles. The number of rotatable bonds is 8. The molecule has 0 fully saturated rings. The van der Waals surface area contributed by atoms with E-state index in [9.17, 15) is 4.79 Å². The number of benzene rings is 1. The van der Waals surface area contributed by atoms with Crippen molar-refractivity contribution < 1.29 is 9.53 Å². The van der Waals surface area contributed by atoms with Gasteiger partial charge in [-0.1, -0.05) is 36.8 Å². The van der Waals surface area contributed by atoms with Gasteiger partial charge in [0.15, 0.2) is 5.96 Å². The highest BCUT2D eigenvalue weighted by Crippen LogP contribution is 2.14. The van der Waals surface area contributed by atoms with E-state index in [4.69, 9.17) is 4.74 Å². The molecule has 5 heteroatoms. The molecule has 128 valence electrons. The minimum atomic E-state index is -0.148. The number of carbonyl (C=O) groups excluding carboxylic acids is 1. The first-order chi connectivity index (χ1) is 11.1. The summed E-state index contributed by atoms with van der Waals surface area (Å²) in [6, 6.07) is 8.59. The van der Waals surface area contributed by atoms with Gasteiger partial charge in [0.2, 0.25) is 0 Å². The third kappa shape index (κ3) is 7.68. The minimum absolute atomic E-state index is 0.148. The van der Waals surface area contributed by atoms with Crippen LogP contribution in [0.1, 0.15) is 43.7 Å². The summed E-state index contributed by atoms with van der Waals surface area (Å²) in [4.78, 5) is 15.5. The Bertz CT molecular complexity index is 497. The Hall–Kier alpha value is -2.04. The Morgan fingerprint density at radius 3 is 2.57 bits per heavy atom. The number of esters is 1. The van der Waals surface area contributed by atoms with Gasteiger partial charge in [-0.2, -0.15) is 0 Å². The summed E-state index contributed by atoms with van der Waals surface area (Å²) >= 11 is 0. The van der Waals surface area contributed by atoms with E-state index >= 15 is 0 Å². The van der Waals surface area contributed by atoms with Crippen LogP contribution in [0.3, 0.4) is 0 Å². The van der Waals surface area contributed by atoms with Crippen molar-refractivity contribution in [2.45, 2.75) is 39.5 Å². The first kappa shape index (κ1) is 19.0. The summed E-state index contributed by atoms with van der Waals surface area (Å²) < 4.78 is 4.90. The third-order valence-corrected chi connectivity index (χ3v) is 3.60. The van der Waals surface area contributed by atoms with Crippen LogP contribution < -0.4 is 10.6 Å². The van der Waals surface area contributed by atoms with Gasteiger partial charge in [-0.15, -0.1) is 0 Å². The second kappa shape index (κ2) is 10.6. The van der Waals surface area contributed by atoms with Gasteiger partial charge >= 0.3 is 5.97 Å². The molecule has 1 rings (SSSR count). The lowest BCUT2D eigenvalue weighted by molar-refractivity contribution is -0.143. The van der Waals surface area contributed by atoms with Gasteiger partial charge in [-0.3, -0.25) is 9.79 Å². The van der Waals surface area contributed by atoms with Gasteiger partial charge in [-0.05, 0) is 31.7 Å². The average Bonchev–Trinajstić information content (AvgIpc) is 2.55. The van der Waals surface area contributed by atoms with Gasteiger partial charge in [-0.25, -0.2) is 0 Å². The molecule has 2 N–H and O–H groups in total. The lowest BCUT2D eigenvalue weighted by atomic mass is 10.0. The molecule has 0 saturated carbocycles. The average molecular weight is 319 g/mol. The number of aliphatic imine (C=N–C) groups is 1. The third-order valence-electron chi connectivity index (χ3n) is 3.60. The number of hydrogen-bond acceptors (Lipinski definition) is 3. The van der Waals surface area contributed by atoms with Crippen LogP contribution in [0.2, 0.25) is 0 Å². The predicted octanol–water partition coefficient (Wildman–Crippen LogP) is 2.61. The lowest BCUT2D eigenvalue weighted by Gasteiger charge is -2.16. The molecular weight excluding hydrogens is 290 g/mol. The maximum atomic E-state index is 11.3. The number of guanidine groups is 1. The molecule has 0 spiro atoms. The molecular formula is C18H29N3O2.